The highest BCUT2D eigenvalue weighted by Gasteiger charge is 2.19. The van der Waals surface area contributed by atoms with Crippen molar-refractivity contribution in [2.24, 2.45) is 0 Å². The fraction of sp³-hybridized carbons (Fsp3) is 0.259. The van der Waals surface area contributed by atoms with E-state index in [-0.39, 0.29) is 20.5 Å². The van der Waals surface area contributed by atoms with Gasteiger partial charge in [-0.2, -0.15) is 5.26 Å². The Kier molecular flexibility index (Phi) is 8.81. The first-order valence-electron chi connectivity index (χ1n) is 11.8. The van der Waals surface area contributed by atoms with Crippen LogP contribution in [-0.2, 0) is 14.3 Å². The van der Waals surface area contributed by atoms with Gasteiger partial charge < -0.3 is 14.8 Å². The monoisotopic (exact) mass is 536 g/mol. The number of nitriles is 1. The van der Waals surface area contributed by atoms with Crippen LogP contribution in [0.1, 0.15) is 15.9 Å². The number of ether oxygens (including phenoxy) is 2. The Balaban J connectivity index is 1.77. The summed E-state index contributed by atoms with van der Waals surface area (Å²) in [5, 5.41) is 12.6. The molecule has 1 saturated heterocycles. The lowest BCUT2D eigenvalue weighted by Gasteiger charge is -2.26. The summed E-state index contributed by atoms with van der Waals surface area (Å²) in [6.45, 7) is 3.63. The molecule has 2 aromatic carbocycles. The second-order valence-electron chi connectivity index (χ2n) is 8.32. The summed E-state index contributed by atoms with van der Waals surface area (Å²) < 4.78 is 26.1. The highest BCUT2D eigenvalue weighted by atomic mass is 32.1. The van der Waals surface area contributed by atoms with Crippen molar-refractivity contribution in [1.29, 1.82) is 5.26 Å². The third-order valence-electron chi connectivity index (χ3n) is 5.92. The Bertz CT molecular complexity index is 1550. The van der Waals surface area contributed by atoms with Crippen molar-refractivity contribution < 1.29 is 23.5 Å². The Morgan fingerprint density at radius 2 is 1.89 bits per heavy atom. The van der Waals surface area contributed by atoms with Crippen molar-refractivity contribution in [3.8, 4) is 11.8 Å². The van der Waals surface area contributed by atoms with Gasteiger partial charge in [-0.25, -0.2) is 9.18 Å². The molecule has 1 aliphatic heterocycles. The van der Waals surface area contributed by atoms with E-state index in [1.165, 1.54) is 25.3 Å². The van der Waals surface area contributed by atoms with Crippen LogP contribution in [0.15, 0.2) is 53.3 Å². The van der Waals surface area contributed by atoms with Gasteiger partial charge in [-0.3, -0.25) is 19.1 Å². The van der Waals surface area contributed by atoms with Gasteiger partial charge in [0.1, 0.15) is 16.5 Å². The summed E-state index contributed by atoms with van der Waals surface area (Å²) in [4.78, 5) is 40.3. The number of esters is 1. The number of carbonyl (C=O) groups excluding carboxylic acids is 2. The lowest BCUT2D eigenvalue weighted by Crippen LogP contribution is -2.42. The van der Waals surface area contributed by atoms with E-state index in [1.807, 2.05) is 6.07 Å². The maximum absolute atomic E-state index is 14.8. The number of benzene rings is 2. The van der Waals surface area contributed by atoms with Crippen LogP contribution in [0.25, 0.3) is 17.3 Å². The van der Waals surface area contributed by atoms with E-state index in [2.05, 4.69) is 10.2 Å². The first kappa shape index (κ1) is 26.9. The minimum Gasteiger partial charge on any atom is -0.465 e. The summed E-state index contributed by atoms with van der Waals surface area (Å²) >= 11 is 0.911. The van der Waals surface area contributed by atoms with Gasteiger partial charge in [0, 0.05) is 26.2 Å². The number of hydrogen-bond acceptors (Lipinski definition) is 8. The minimum atomic E-state index is -0.673. The molecule has 1 fully saturated rings. The van der Waals surface area contributed by atoms with E-state index in [0.29, 0.717) is 37.4 Å². The zero-order chi connectivity index (χ0) is 27.1. The van der Waals surface area contributed by atoms with E-state index < -0.39 is 23.3 Å². The van der Waals surface area contributed by atoms with Crippen molar-refractivity contribution in [3.63, 3.8) is 0 Å². The first-order chi connectivity index (χ1) is 18.4. The maximum Gasteiger partial charge on any atom is 0.337 e. The summed E-state index contributed by atoms with van der Waals surface area (Å²) in [7, 11) is 1.28. The normalized spacial score (nSPS) is 15.0. The second kappa shape index (κ2) is 12.4. The van der Waals surface area contributed by atoms with Gasteiger partial charge in [-0.05, 0) is 35.9 Å². The molecule has 38 heavy (non-hydrogen) atoms. The SMILES string of the molecule is COC(=O)c1ccc(/C=c2\s/c(=C(/C#N)C(=O)NCCN3CCOCC3)n(-c3ccccc3F)c2=O)cc1. The molecular formula is C27H25FN4O5S. The summed E-state index contributed by atoms with van der Waals surface area (Å²) in [5.41, 5.74) is -0.0109. The van der Waals surface area contributed by atoms with Crippen molar-refractivity contribution >= 4 is 34.9 Å². The maximum atomic E-state index is 14.8. The predicted octanol–water partition coefficient (Wildman–Crippen LogP) is 0.776. The highest BCUT2D eigenvalue weighted by molar-refractivity contribution is 7.07. The highest BCUT2D eigenvalue weighted by Crippen LogP contribution is 2.10. The van der Waals surface area contributed by atoms with Gasteiger partial charge in [-0.15, -0.1) is 11.3 Å². The number of halogens is 1. The van der Waals surface area contributed by atoms with Crippen molar-refractivity contribution in [2.75, 3.05) is 46.5 Å². The molecule has 11 heteroatoms. The number of rotatable bonds is 7. The van der Waals surface area contributed by atoms with E-state index in [4.69, 9.17) is 9.47 Å². The Morgan fingerprint density at radius 3 is 2.55 bits per heavy atom. The molecule has 1 amide bonds. The van der Waals surface area contributed by atoms with Gasteiger partial charge in [0.2, 0.25) is 0 Å². The molecule has 4 rings (SSSR count). The number of thiazole rings is 1. The number of nitrogens with zero attached hydrogens (tertiary/aromatic N) is 3. The third-order valence-corrected chi connectivity index (χ3v) is 7.01. The molecule has 1 N–H and O–H groups in total. The van der Waals surface area contributed by atoms with Crippen molar-refractivity contribution in [1.82, 2.24) is 14.8 Å². The molecular weight excluding hydrogens is 511 g/mol. The predicted molar refractivity (Wildman–Crippen MR) is 140 cm³/mol. The van der Waals surface area contributed by atoms with Crippen LogP contribution in [0.4, 0.5) is 4.39 Å². The number of aromatic nitrogens is 1. The van der Waals surface area contributed by atoms with Crippen molar-refractivity contribution in [3.05, 3.63) is 85.0 Å². The third kappa shape index (κ3) is 6.06. The van der Waals surface area contributed by atoms with E-state index in [9.17, 15) is 24.0 Å². The summed E-state index contributed by atoms with van der Waals surface area (Å²) in [5.74, 6) is -1.82. The van der Waals surface area contributed by atoms with Crippen LogP contribution >= 0.6 is 11.3 Å². The minimum absolute atomic E-state index is 0.0175. The van der Waals surface area contributed by atoms with Crippen molar-refractivity contribution in [2.45, 2.75) is 0 Å². The van der Waals surface area contributed by atoms with Gasteiger partial charge >= 0.3 is 5.97 Å². The average Bonchev–Trinajstić information content (AvgIpc) is 3.24. The molecule has 0 spiro atoms. The van der Waals surface area contributed by atoms with E-state index >= 15 is 0 Å². The molecule has 0 atom stereocenters. The first-order valence-corrected chi connectivity index (χ1v) is 12.6. The van der Waals surface area contributed by atoms with Gasteiger partial charge in [-0.1, -0.05) is 24.3 Å². The van der Waals surface area contributed by atoms with Gasteiger partial charge in [0.15, 0.2) is 5.57 Å². The van der Waals surface area contributed by atoms with Crippen LogP contribution in [0, 0.1) is 17.1 Å². The second-order valence-corrected chi connectivity index (χ2v) is 9.35. The molecule has 0 unspecified atom stereocenters. The number of carbonyl (C=O) groups is 2. The Morgan fingerprint density at radius 1 is 1.18 bits per heavy atom. The number of para-hydroxylation sites is 1. The van der Waals surface area contributed by atoms with Crippen LogP contribution in [0.3, 0.4) is 0 Å². The molecule has 2 heterocycles. The van der Waals surface area contributed by atoms with Crippen LogP contribution in [0.5, 0.6) is 0 Å². The molecule has 3 aromatic rings. The van der Waals surface area contributed by atoms with Crippen LogP contribution in [-0.4, -0.2) is 67.8 Å². The molecule has 196 valence electrons. The largest absolute Gasteiger partial charge is 0.465 e. The standard InChI is InChI=1S/C27H25FN4O5S/c1-36-27(35)19-8-6-18(7-9-19)16-23-25(34)32(22-5-3-2-4-21(22)28)26(38-23)20(17-29)24(33)30-10-11-31-12-14-37-15-13-31/h2-9,16H,10-15H2,1H3,(H,30,33)/b23-16-,26-20-. The Hall–Kier alpha value is -4.11. The summed E-state index contributed by atoms with van der Waals surface area (Å²) in [6.07, 6.45) is 1.56. The molecule has 0 saturated carbocycles. The molecule has 9 nitrogen and oxygen atoms in total. The number of methoxy groups -OCH3 is 1. The molecule has 0 aliphatic carbocycles. The zero-order valence-electron chi connectivity index (χ0n) is 20.6. The Labute approximate surface area is 221 Å². The molecule has 0 bridgehead atoms. The average molecular weight is 537 g/mol. The lowest BCUT2D eigenvalue weighted by molar-refractivity contribution is -0.115. The fourth-order valence-corrected chi connectivity index (χ4v) is 5.02. The number of amides is 1. The number of nitrogens with one attached hydrogen (secondary N) is 1. The van der Waals surface area contributed by atoms with E-state index in [0.717, 1.165) is 29.0 Å². The zero-order valence-corrected chi connectivity index (χ0v) is 21.4. The molecule has 1 aromatic heterocycles. The number of morpholine rings is 1. The smallest absolute Gasteiger partial charge is 0.337 e. The van der Waals surface area contributed by atoms with Crippen LogP contribution < -0.4 is 20.1 Å². The van der Waals surface area contributed by atoms with Gasteiger partial charge in [0.05, 0.1) is 36.1 Å². The summed E-state index contributed by atoms with van der Waals surface area (Å²) in [6, 6.07) is 13.9. The van der Waals surface area contributed by atoms with E-state index in [1.54, 1.807) is 36.4 Å². The van der Waals surface area contributed by atoms with Gasteiger partial charge in [0.25, 0.3) is 11.5 Å². The fourth-order valence-electron chi connectivity index (χ4n) is 3.92. The topological polar surface area (TPSA) is 114 Å². The van der Waals surface area contributed by atoms with Crippen LogP contribution in [0.2, 0.25) is 0 Å². The lowest BCUT2D eigenvalue weighted by atomic mass is 10.1. The number of hydrogen-bond donors (Lipinski definition) is 1. The molecule has 1 aliphatic rings. The quantitative estimate of drug-likeness (QED) is 0.444. The molecule has 0 radical (unpaired) electrons.